The van der Waals surface area contributed by atoms with E-state index in [4.69, 9.17) is 16.9 Å². The molecule has 1 aromatic rings. The maximum atomic E-state index is 8.32. The molecule has 1 aromatic heterocycles. The average molecular weight is 140 g/mol. The summed E-state index contributed by atoms with van der Waals surface area (Å²) in [6.07, 6.45) is 1.42. The Morgan fingerprint density at radius 2 is 2.44 bits per heavy atom. The zero-order valence-corrected chi connectivity index (χ0v) is 5.13. The van der Waals surface area contributed by atoms with Crippen molar-refractivity contribution in [3.05, 3.63) is 23.0 Å². The quantitative estimate of drug-likeness (QED) is 0.539. The van der Waals surface area contributed by atoms with Gasteiger partial charge in [-0.05, 0) is 6.07 Å². The Kier molecular flexibility index (Phi) is 1.61. The molecule has 0 spiro atoms. The van der Waals surface area contributed by atoms with Crippen molar-refractivity contribution in [1.29, 1.82) is 5.26 Å². The normalized spacial score (nSPS) is 8.44. The first-order valence-electron chi connectivity index (χ1n) is 2.22. The van der Waals surface area contributed by atoms with E-state index in [1.165, 1.54) is 12.3 Å². The van der Waals surface area contributed by atoms with Crippen molar-refractivity contribution in [2.24, 2.45) is 0 Å². The van der Waals surface area contributed by atoms with Gasteiger partial charge in [0.25, 0.3) is 0 Å². The summed E-state index contributed by atoms with van der Waals surface area (Å²) in [5.74, 6) is 0. The summed E-state index contributed by atoms with van der Waals surface area (Å²) in [4.78, 5) is 0. The number of hydrogen-bond acceptors (Lipinski definition) is 3. The Balaban J connectivity index is 3.20. The molecule has 1 rings (SSSR count). The van der Waals surface area contributed by atoms with E-state index in [0.717, 1.165) is 0 Å². The van der Waals surface area contributed by atoms with Crippen LogP contribution in [0.5, 0.6) is 0 Å². The Bertz CT molecular complexity index is 253. The van der Waals surface area contributed by atoms with E-state index in [0.29, 0.717) is 5.56 Å². The minimum absolute atomic E-state index is 0.153. The predicted molar refractivity (Wildman–Crippen MR) is 31.8 cm³/mol. The topological polar surface area (TPSA) is 49.6 Å². The number of rotatable bonds is 0. The van der Waals surface area contributed by atoms with Gasteiger partial charge in [0.05, 0.1) is 11.8 Å². The highest BCUT2D eigenvalue weighted by Crippen LogP contribution is 2.06. The van der Waals surface area contributed by atoms with Crippen molar-refractivity contribution in [2.75, 3.05) is 0 Å². The SMILES string of the molecule is N#Cc1ccnnc1Cl. The lowest BCUT2D eigenvalue weighted by molar-refractivity contribution is 1.02. The first-order chi connectivity index (χ1) is 4.34. The standard InChI is InChI=1S/C5H2ClN3/c6-5-4(3-7)1-2-8-9-5/h1-2H. The van der Waals surface area contributed by atoms with Gasteiger partial charge < -0.3 is 0 Å². The molecule has 3 nitrogen and oxygen atoms in total. The van der Waals surface area contributed by atoms with E-state index in [-0.39, 0.29) is 5.15 Å². The summed E-state index contributed by atoms with van der Waals surface area (Å²) < 4.78 is 0. The van der Waals surface area contributed by atoms with Crippen LogP contribution in [-0.4, -0.2) is 10.2 Å². The van der Waals surface area contributed by atoms with Crippen molar-refractivity contribution < 1.29 is 0 Å². The van der Waals surface area contributed by atoms with Crippen molar-refractivity contribution in [1.82, 2.24) is 10.2 Å². The van der Waals surface area contributed by atoms with Crippen molar-refractivity contribution in [2.45, 2.75) is 0 Å². The Labute approximate surface area is 56.9 Å². The van der Waals surface area contributed by atoms with Crippen LogP contribution in [0.15, 0.2) is 12.3 Å². The van der Waals surface area contributed by atoms with Gasteiger partial charge in [-0.15, -0.1) is 5.10 Å². The van der Waals surface area contributed by atoms with Gasteiger partial charge in [0.15, 0.2) is 5.15 Å². The highest BCUT2D eigenvalue weighted by Gasteiger charge is 1.95. The Morgan fingerprint density at radius 3 is 2.89 bits per heavy atom. The molecule has 4 heteroatoms. The summed E-state index contributed by atoms with van der Waals surface area (Å²) >= 11 is 5.43. The molecule has 0 fully saturated rings. The molecule has 0 atom stereocenters. The molecule has 1 heterocycles. The first-order valence-corrected chi connectivity index (χ1v) is 2.59. The van der Waals surface area contributed by atoms with Crippen LogP contribution >= 0.6 is 11.6 Å². The lowest BCUT2D eigenvalue weighted by atomic mass is 10.3. The minimum Gasteiger partial charge on any atom is -0.192 e. The predicted octanol–water partition coefficient (Wildman–Crippen LogP) is 1.00. The maximum Gasteiger partial charge on any atom is 0.169 e. The van der Waals surface area contributed by atoms with Crippen LogP contribution in [0.25, 0.3) is 0 Å². The van der Waals surface area contributed by atoms with E-state index < -0.39 is 0 Å². The molecule has 0 N–H and O–H groups in total. The van der Waals surface area contributed by atoms with Crippen LogP contribution < -0.4 is 0 Å². The summed E-state index contributed by atoms with van der Waals surface area (Å²) in [5, 5.41) is 15.4. The number of hydrogen-bond donors (Lipinski definition) is 0. The fraction of sp³-hybridized carbons (Fsp3) is 0. The zero-order chi connectivity index (χ0) is 6.69. The largest absolute Gasteiger partial charge is 0.192 e. The van der Waals surface area contributed by atoms with Gasteiger partial charge in [-0.1, -0.05) is 11.6 Å². The van der Waals surface area contributed by atoms with Gasteiger partial charge in [0.2, 0.25) is 0 Å². The molecule has 44 valence electrons. The molecular weight excluding hydrogens is 138 g/mol. The monoisotopic (exact) mass is 139 g/mol. The van der Waals surface area contributed by atoms with Crippen LogP contribution in [0.2, 0.25) is 5.15 Å². The third-order valence-electron chi connectivity index (χ3n) is 0.796. The van der Waals surface area contributed by atoms with E-state index in [2.05, 4.69) is 10.2 Å². The van der Waals surface area contributed by atoms with Gasteiger partial charge in [-0.2, -0.15) is 10.4 Å². The van der Waals surface area contributed by atoms with Gasteiger partial charge in [0, 0.05) is 0 Å². The summed E-state index contributed by atoms with van der Waals surface area (Å²) in [6.45, 7) is 0. The van der Waals surface area contributed by atoms with Gasteiger partial charge in [-0.25, -0.2) is 0 Å². The second kappa shape index (κ2) is 2.42. The first kappa shape index (κ1) is 5.99. The van der Waals surface area contributed by atoms with E-state index >= 15 is 0 Å². The lowest BCUT2D eigenvalue weighted by Gasteiger charge is -1.86. The van der Waals surface area contributed by atoms with Crippen molar-refractivity contribution in [3.8, 4) is 6.07 Å². The molecule has 0 aliphatic carbocycles. The number of nitrogens with zero attached hydrogens (tertiary/aromatic N) is 3. The van der Waals surface area contributed by atoms with Gasteiger partial charge in [-0.3, -0.25) is 0 Å². The van der Waals surface area contributed by atoms with Crippen LogP contribution in [0.3, 0.4) is 0 Å². The lowest BCUT2D eigenvalue weighted by Crippen LogP contribution is -1.83. The highest BCUT2D eigenvalue weighted by atomic mass is 35.5. The minimum atomic E-state index is 0.153. The van der Waals surface area contributed by atoms with E-state index in [9.17, 15) is 0 Å². The van der Waals surface area contributed by atoms with Crippen LogP contribution in [0.1, 0.15) is 5.56 Å². The molecule has 0 aromatic carbocycles. The second-order valence-electron chi connectivity index (χ2n) is 1.35. The van der Waals surface area contributed by atoms with Crippen LogP contribution in [-0.2, 0) is 0 Å². The molecule has 0 bridgehead atoms. The fourth-order valence-corrected chi connectivity index (χ4v) is 0.547. The third-order valence-corrected chi connectivity index (χ3v) is 1.08. The summed E-state index contributed by atoms with van der Waals surface area (Å²) in [6, 6.07) is 3.37. The Morgan fingerprint density at radius 1 is 1.67 bits per heavy atom. The number of aromatic nitrogens is 2. The van der Waals surface area contributed by atoms with Crippen molar-refractivity contribution in [3.63, 3.8) is 0 Å². The molecule has 0 radical (unpaired) electrons. The molecule has 9 heavy (non-hydrogen) atoms. The van der Waals surface area contributed by atoms with Gasteiger partial charge >= 0.3 is 0 Å². The number of nitriles is 1. The molecule has 0 saturated heterocycles. The second-order valence-corrected chi connectivity index (χ2v) is 1.71. The number of halogens is 1. The third kappa shape index (κ3) is 1.15. The molecule has 0 amide bonds. The van der Waals surface area contributed by atoms with E-state index in [1.54, 1.807) is 0 Å². The van der Waals surface area contributed by atoms with Crippen molar-refractivity contribution >= 4 is 11.6 Å². The molecule has 0 saturated carbocycles. The summed E-state index contributed by atoms with van der Waals surface area (Å²) in [7, 11) is 0. The highest BCUT2D eigenvalue weighted by molar-refractivity contribution is 6.30. The van der Waals surface area contributed by atoms with Crippen LogP contribution in [0, 0.1) is 11.3 Å². The van der Waals surface area contributed by atoms with E-state index in [1.807, 2.05) is 6.07 Å². The zero-order valence-electron chi connectivity index (χ0n) is 4.37. The Hall–Kier alpha value is -1.14. The molecular formula is C5H2ClN3. The molecule has 0 aliphatic rings. The smallest absolute Gasteiger partial charge is 0.169 e. The fourth-order valence-electron chi connectivity index (χ4n) is 0.398. The molecule has 0 unspecified atom stereocenters. The maximum absolute atomic E-state index is 8.32. The van der Waals surface area contributed by atoms with Gasteiger partial charge in [0.1, 0.15) is 6.07 Å². The molecule has 0 aliphatic heterocycles. The summed E-state index contributed by atoms with van der Waals surface area (Å²) in [5.41, 5.74) is 0.353. The average Bonchev–Trinajstić information content (AvgIpc) is 1.89. The van der Waals surface area contributed by atoms with Crippen LogP contribution in [0.4, 0.5) is 0 Å².